The average Bonchev–Trinajstić information content (AvgIpc) is 2.78. The fourth-order valence-corrected chi connectivity index (χ4v) is 2.32. The van der Waals surface area contributed by atoms with Crippen LogP contribution in [0.2, 0.25) is 0 Å². The second kappa shape index (κ2) is 5.51. The van der Waals surface area contributed by atoms with Gasteiger partial charge in [-0.2, -0.15) is 0 Å². The van der Waals surface area contributed by atoms with Gasteiger partial charge in [-0.25, -0.2) is 13.1 Å². The van der Waals surface area contributed by atoms with Crippen LogP contribution in [0.25, 0.3) is 11.0 Å². The van der Waals surface area contributed by atoms with Gasteiger partial charge in [0.15, 0.2) is 0 Å². The van der Waals surface area contributed by atoms with Crippen LogP contribution < -0.4 is 10.0 Å². The van der Waals surface area contributed by atoms with Crippen molar-refractivity contribution in [3.63, 3.8) is 0 Å². The zero-order chi connectivity index (χ0) is 13.0. The quantitative estimate of drug-likeness (QED) is 0.769. The van der Waals surface area contributed by atoms with E-state index in [1.165, 1.54) is 7.05 Å². The molecule has 0 atom stereocenters. The van der Waals surface area contributed by atoms with Crippen LogP contribution in [0, 0.1) is 0 Å². The summed E-state index contributed by atoms with van der Waals surface area (Å²) < 4.78 is 30.1. The predicted molar refractivity (Wildman–Crippen MR) is 70.8 cm³/mol. The highest BCUT2D eigenvalue weighted by molar-refractivity contribution is 7.89. The molecule has 1 aromatic carbocycles. The van der Waals surface area contributed by atoms with E-state index in [-0.39, 0.29) is 5.75 Å². The Balaban J connectivity index is 1.91. The molecule has 0 aliphatic rings. The number of rotatable bonds is 6. The Morgan fingerprint density at radius 3 is 2.83 bits per heavy atom. The van der Waals surface area contributed by atoms with Crippen molar-refractivity contribution in [2.24, 2.45) is 0 Å². The van der Waals surface area contributed by atoms with Crippen molar-refractivity contribution in [1.82, 2.24) is 10.0 Å². The highest BCUT2D eigenvalue weighted by Gasteiger charge is 2.07. The van der Waals surface area contributed by atoms with Gasteiger partial charge in [0.1, 0.15) is 5.58 Å². The summed E-state index contributed by atoms with van der Waals surface area (Å²) in [4.78, 5) is 0. The molecule has 0 bridgehead atoms. The summed E-state index contributed by atoms with van der Waals surface area (Å²) in [5.74, 6) is 0.0687. The third kappa shape index (κ3) is 3.10. The highest BCUT2D eigenvalue weighted by atomic mass is 32.2. The predicted octanol–water partition coefficient (Wildman–Crippen LogP) is 1.07. The maximum Gasteiger partial charge on any atom is 0.212 e. The fourth-order valence-electron chi connectivity index (χ4n) is 1.70. The minimum atomic E-state index is -3.14. The monoisotopic (exact) mass is 268 g/mol. The van der Waals surface area contributed by atoms with E-state index in [1.807, 2.05) is 24.3 Å². The molecule has 0 aliphatic heterocycles. The molecule has 5 nitrogen and oxygen atoms in total. The minimum absolute atomic E-state index is 0.0687. The van der Waals surface area contributed by atoms with Gasteiger partial charge in [0.2, 0.25) is 10.0 Å². The maximum atomic E-state index is 11.2. The second-order valence-electron chi connectivity index (χ2n) is 3.96. The lowest BCUT2D eigenvalue weighted by Crippen LogP contribution is -2.29. The Morgan fingerprint density at radius 2 is 2.06 bits per heavy atom. The number of para-hydroxylation sites is 1. The van der Waals surface area contributed by atoms with Crippen LogP contribution in [0.1, 0.15) is 5.56 Å². The smallest absolute Gasteiger partial charge is 0.212 e. The molecule has 98 valence electrons. The number of benzene rings is 1. The van der Waals surface area contributed by atoms with Crippen molar-refractivity contribution in [2.75, 3.05) is 19.3 Å². The molecule has 1 heterocycles. The normalized spacial score (nSPS) is 12.1. The van der Waals surface area contributed by atoms with E-state index in [0.29, 0.717) is 13.1 Å². The summed E-state index contributed by atoms with van der Waals surface area (Å²) in [6.07, 6.45) is 1.70. The van der Waals surface area contributed by atoms with Crippen LogP contribution >= 0.6 is 0 Å². The zero-order valence-electron chi connectivity index (χ0n) is 10.1. The molecule has 2 rings (SSSR count). The van der Waals surface area contributed by atoms with Gasteiger partial charge in [0, 0.05) is 24.0 Å². The molecular weight excluding hydrogens is 252 g/mol. The molecule has 1 aromatic heterocycles. The van der Waals surface area contributed by atoms with E-state index in [9.17, 15) is 8.42 Å². The molecule has 0 radical (unpaired) electrons. The molecule has 0 spiro atoms. The largest absolute Gasteiger partial charge is 0.464 e. The molecule has 0 unspecified atom stereocenters. The first kappa shape index (κ1) is 13.1. The number of fused-ring (bicyclic) bond motifs is 1. The van der Waals surface area contributed by atoms with Gasteiger partial charge in [-0.3, -0.25) is 0 Å². The van der Waals surface area contributed by atoms with Gasteiger partial charge in [-0.15, -0.1) is 0 Å². The molecule has 2 aromatic rings. The minimum Gasteiger partial charge on any atom is -0.464 e. The molecule has 0 aliphatic carbocycles. The third-order valence-electron chi connectivity index (χ3n) is 2.74. The molecular formula is C12H16N2O3S. The van der Waals surface area contributed by atoms with E-state index in [2.05, 4.69) is 10.0 Å². The van der Waals surface area contributed by atoms with Crippen LogP contribution in [-0.2, 0) is 16.6 Å². The van der Waals surface area contributed by atoms with E-state index in [1.54, 1.807) is 6.26 Å². The van der Waals surface area contributed by atoms with E-state index >= 15 is 0 Å². The van der Waals surface area contributed by atoms with Crippen LogP contribution in [0.15, 0.2) is 34.9 Å². The third-order valence-corrected chi connectivity index (χ3v) is 4.10. The van der Waals surface area contributed by atoms with Crippen LogP contribution in [0.4, 0.5) is 0 Å². The topological polar surface area (TPSA) is 71.3 Å². The van der Waals surface area contributed by atoms with Gasteiger partial charge in [0.05, 0.1) is 12.0 Å². The molecule has 0 saturated heterocycles. The van der Waals surface area contributed by atoms with Crippen molar-refractivity contribution in [1.29, 1.82) is 0 Å². The van der Waals surface area contributed by atoms with Crippen LogP contribution in [-0.4, -0.2) is 27.8 Å². The van der Waals surface area contributed by atoms with Gasteiger partial charge in [-0.1, -0.05) is 18.2 Å². The van der Waals surface area contributed by atoms with E-state index in [4.69, 9.17) is 4.42 Å². The Morgan fingerprint density at radius 1 is 1.28 bits per heavy atom. The Hall–Kier alpha value is -1.37. The van der Waals surface area contributed by atoms with Gasteiger partial charge in [-0.05, 0) is 13.1 Å². The van der Waals surface area contributed by atoms with Gasteiger partial charge >= 0.3 is 0 Å². The van der Waals surface area contributed by atoms with Crippen LogP contribution in [0.5, 0.6) is 0 Å². The van der Waals surface area contributed by atoms with Gasteiger partial charge < -0.3 is 9.73 Å². The lowest BCUT2D eigenvalue weighted by atomic mass is 10.2. The lowest BCUT2D eigenvalue weighted by Gasteiger charge is -2.04. The standard InChI is InChI=1S/C12H16N2O3S/c1-13-18(15,16)7-6-14-8-10-9-17-12-5-3-2-4-11(10)12/h2-5,9,13-14H,6-8H2,1H3. The second-order valence-corrected chi connectivity index (χ2v) is 6.00. The number of furan rings is 1. The van der Waals surface area contributed by atoms with Crippen molar-refractivity contribution in [2.45, 2.75) is 6.54 Å². The Bertz CT molecular complexity index is 619. The number of hydrogen-bond acceptors (Lipinski definition) is 4. The van der Waals surface area contributed by atoms with E-state index < -0.39 is 10.0 Å². The van der Waals surface area contributed by atoms with E-state index in [0.717, 1.165) is 16.5 Å². The first-order chi connectivity index (χ1) is 8.62. The van der Waals surface area contributed by atoms with Crippen molar-refractivity contribution in [3.05, 3.63) is 36.1 Å². The Kier molecular flexibility index (Phi) is 4.00. The molecule has 0 fully saturated rings. The number of sulfonamides is 1. The summed E-state index contributed by atoms with van der Waals surface area (Å²) in [7, 11) is -1.72. The first-order valence-electron chi connectivity index (χ1n) is 5.69. The SMILES string of the molecule is CNS(=O)(=O)CCNCc1coc2ccccc12. The summed E-state index contributed by atoms with van der Waals surface area (Å²) in [6, 6.07) is 7.76. The van der Waals surface area contributed by atoms with Crippen LogP contribution in [0.3, 0.4) is 0 Å². The molecule has 2 N–H and O–H groups in total. The first-order valence-corrected chi connectivity index (χ1v) is 7.34. The maximum absolute atomic E-state index is 11.2. The molecule has 0 amide bonds. The summed E-state index contributed by atoms with van der Waals surface area (Å²) in [5.41, 5.74) is 1.88. The molecule has 18 heavy (non-hydrogen) atoms. The summed E-state index contributed by atoms with van der Waals surface area (Å²) in [6.45, 7) is 0.999. The highest BCUT2D eigenvalue weighted by Crippen LogP contribution is 2.20. The van der Waals surface area contributed by atoms with Crippen molar-refractivity contribution < 1.29 is 12.8 Å². The molecule has 6 heteroatoms. The van der Waals surface area contributed by atoms with Gasteiger partial charge in [0.25, 0.3) is 0 Å². The lowest BCUT2D eigenvalue weighted by molar-refractivity contribution is 0.581. The number of nitrogens with one attached hydrogen (secondary N) is 2. The number of hydrogen-bond donors (Lipinski definition) is 2. The molecule has 0 saturated carbocycles. The fraction of sp³-hybridized carbons (Fsp3) is 0.333. The summed E-state index contributed by atoms with van der Waals surface area (Å²) >= 11 is 0. The summed E-state index contributed by atoms with van der Waals surface area (Å²) in [5, 5.41) is 4.15. The average molecular weight is 268 g/mol. The zero-order valence-corrected chi connectivity index (χ0v) is 11.0. The Labute approximate surface area is 106 Å². The van der Waals surface area contributed by atoms with Crippen molar-refractivity contribution in [3.8, 4) is 0 Å². The van der Waals surface area contributed by atoms with Crippen molar-refractivity contribution >= 4 is 21.0 Å².